The normalized spacial score (nSPS) is 12.0. The van der Waals surface area contributed by atoms with Gasteiger partial charge < -0.3 is 0 Å². The van der Waals surface area contributed by atoms with Crippen LogP contribution in [0.25, 0.3) is 0 Å². The summed E-state index contributed by atoms with van der Waals surface area (Å²) in [6.07, 6.45) is 1.24. The minimum absolute atomic E-state index is 0.163. The molecule has 0 saturated heterocycles. The molecule has 2 heteroatoms. The van der Waals surface area contributed by atoms with E-state index in [-0.39, 0.29) is 4.08 Å². The molecule has 0 rings (SSSR count). The van der Waals surface area contributed by atoms with Gasteiger partial charge in [0, 0.05) is 0 Å². The molecule has 0 aliphatic rings. The monoisotopic (exact) mass is 150 g/mol. The first-order valence-corrected chi connectivity index (χ1v) is 4.36. The highest BCUT2D eigenvalue weighted by Crippen LogP contribution is 2.27. The Kier molecular flexibility index (Phi) is 4.00. The van der Waals surface area contributed by atoms with Crippen molar-refractivity contribution < 1.29 is 0 Å². The number of hydrogen-bond donors (Lipinski definition) is 1. The van der Waals surface area contributed by atoms with Crippen molar-refractivity contribution >= 4 is 24.4 Å². The highest BCUT2D eigenvalue weighted by Gasteiger charge is 2.09. The number of rotatable bonds is 3. The third-order valence-corrected chi connectivity index (χ3v) is 2.37. The number of thioether (sulfide) groups is 1. The third kappa shape index (κ3) is 6.70. The van der Waals surface area contributed by atoms with Gasteiger partial charge in [-0.25, -0.2) is 0 Å². The van der Waals surface area contributed by atoms with Crippen LogP contribution in [0.5, 0.6) is 0 Å². The molecule has 50 valence electrons. The Bertz CT molecular complexity index is 54.0. The zero-order valence-corrected chi connectivity index (χ0v) is 7.48. The standard InChI is InChI=1S/C6H14S2/c1-4-5-8-6(2,3)7/h7H,4-5H2,1-3H3. The van der Waals surface area contributed by atoms with Crippen LogP contribution in [0, 0.1) is 0 Å². The minimum atomic E-state index is 0.163. The molecule has 0 aromatic rings. The Morgan fingerprint density at radius 1 is 1.50 bits per heavy atom. The van der Waals surface area contributed by atoms with Gasteiger partial charge in [-0.15, -0.1) is 11.8 Å². The fourth-order valence-corrected chi connectivity index (χ4v) is 1.33. The molecule has 0 aromatic heterocycles. The summed E-state index contributed by atoms with van der Waals surface area (Å²) in [6.45, 7) is 6.43. The van der Waals surface area contributed by atoms with Crippen LogP contribution < -0.4 is 0 Å². The van der Waals surface area contributed by atoms with Crippen molar-refractivity contribution in [1.82, 2.24) is 0 Å². The lowest BCUT2D eigenvalue weighted by molar-refractivity contribution is 1.02. The fraction of sp³-hybridized carbons (Fsp3) is 1.00. The van der Waals surface area contributed by atoms with Crippen LogP contribution in [0.2, 0.25) is 0 Å². The van der Waals surface area contributed by atoms with Crippen LogP contribution in [-0.2, 0) is 0 Å². The second-order valence-electron chi connectivity index (χ2n) is 2.30. The van der Waals surface area contributed by atoms with Crippen molar-refractivity contribution in [2.75, 3.05) is 5.75 Å². The first-order valence-electron chi connectivity index (χ1n) is 2.92. The Labute approximate surface area is 61.8 Å². The van der Waals surface area contributed by atoms with Crippen LogP contribution in [0.15, 0.2) is 0 Å². The van der Waals surface area contributed by atoms with E-state index >= 15 is 0 Å². The molecule has 0 aliphatic carbocycles. The largest absolute Gasteiger partial charge is 0.162 e. The van der Waals surface area contributed by atoms with Gasteiger partial charge in [-0.1, -0.05) is 6.92 Å². The Morgan fingerprint density at radius 2 is 2.00 bits per heavy atom. The first-order chi connectivity index (χ1) is 3.56. The van der Waals surface area contributed by atoms with Crippen molar-refractivity contribution in [3.8, 4) is 0 Å². The van der Waals surface area contributed by atoms with E-state index in [2.05, 4.69) is 33.4 Å². The van der Waals surface area contributed by atoms with E-state index < -0.39 is 0 Å². The lowest BCUT2D eigenvalue weighted by Gasteiger charge is -2.14. The third-order valence-electron chi connectivity index (χ3n) is 0.659. The summed E-state index contributed by atoms with van der Waals surface area (Å²) >= 11 is 6.25. The molecule has 0 amide bonds. The van der Waals surface area contributed by atoms with Gasteiger partial charge in [-0.3, -0.25) is 0 Å². The highest BCUT2D eigenvalue weighted by molar-refractivity contribution is 8.11. The summed E-state index contributed by atoms with van der Waals surface area (Å²) in [4.78, 5) is 0. The first kappa shape index (κ1) is 8.70. The number of hydrogen-bond acceptors (Lipinski definition) is 2. The van der Waals surface area contributed by atoms with Crippen LogP contribution in [0.3, 0.4) is 0 Å². The van der Waals surface area contributed by atoms with Gasteiger partial charge in [0.25, 0.3) is 0 Å². The maximum absolute atomic E-state index is 4.35. The minimum Gasteiger partial charge on any atom is -0.162 e. The topological polar surface area (TPSA) is 0 Å². The van der Waals surface area contributed by atoms with Crippen LogP contribution in [0.4, 0.5) is 0 Å². The number of thiol groups is 1. The summed E-state index contributed by atoms with van der Waals surface area (Å²) < 4.78 is 0.163. The van der Waals surface area contributed by atoms with Gasteiger partial charge >= 0.3 is 0 Å². The van der Waals surface area contributed by atoms with Gasteiger partial charge in [-0.2, -0.15) is 12.6 Å². The van der Waals surface area contributed by atoms with Crippen LogP contribution in [-0.4, -0.2) is 9.83 Å². The van der Waals surface area contributed by atoms with Crippen molar-refractivity contribution in [3.63, 3.8) is 0 Å². The van der Waals surface area contributed by atoms with E-state index in [1.54, 1.807) is 0 Å². The zero-order chi connectivity index (χ0) is 6.62. The molecule has 0 fully saturated rings. The average molecular weight is 150 g/mol. The quantitative estimate of drug-likeness (QED) is 0.477. The predicted octanol–water partition coefficient (Wildman–Crippen LogP) is 2.80. The molecule has 0 N–H and O–H groups in total. The smallest absolute Gasteiger partial charge is 0.0525 e. The average Bonchev–Trinajstić information content (AvgIpc) is 1.59. The fourth-order valence-electron chi connectivity index (χ4n) is 0.352. The molecule has 0 atom stereocenters. The molecular formula is C6H14S2. The molecule has 0 bridgehead atoms. The van der Waals surface area contributed by atoms with Gasteiger partial charge in [0.05, 0.1) is 4.08 Å². The van der Waals surface area contributed by atoms with E-state index in [4.69, 9.17) is 0 Å². The van der Waals surface area contributed by atoms with Gasteiger partial charge in [0.15, 0.2) is 0 Å². The summed E-state index contributed by atoms with van der Waals surface area (Å²) in [6, 6.07) is 0. The molecule has 0 saturated carbocycles. The Morgan fingerprint density at radius 3 is 2.12 bits per heavy atom. The molecule has 0 heterocycles. The molecule has 8 heavy (non-hydrogen) atoms. The van der Waals surface area contributed by atoms with Gasteiger partial charge in [-0.05, 0) is 26.0 Å². The lowest BCUT2D eigenvalue weighted by atomic mass is 10.5. The summed E-state index contributed by atoms with van der Waals surface area (Å²) in [5, 5.41) is 0. The second kappa shape index (κ2) is 3.67. The van der Waals surface area contributed by atoms with Gasteiger partial charge in [0.1, 0.15) is 0 Å². The van der Waals surface area contributed by atoms with Crippen molar-refractivity contribution in [1.29, 1.82) is 0 Å². The van der Waals surface area contributed by atoms with E-state index in [1.165, 1.54) is 12.2 Å². The second-order valence-corrected chi connectivity index (χ2v) is 5.43. The summed E-state index contributed by atoms with van der Waals surface area (Å²) in [5.74, 6) is 1.22. The highest BCUT2D eigenvalue weighted by atomic mass is 32.2. The summed E-state index contributed by atoms with van der Waals surface area (Å²) in [7, 11) is 0. The molecule has 0 aliphatic heterocycles. The molecular weight excluding hydrogens is 136 g/mol. The van der Waals surface area contributed by atoms with Crippen molar-refractivity contribution in [3.05, 3.63) is 0 Å². The van der Waals surface area contributed by atoms with Crippen LogP contribution in [0.1, 0.15) is 27.2 Å². The molecule has 0 radical (unpaired) electrons. The lowest BCUT2D eigenvalue weighted by Crippen LogP contribution is -2.03. The molecule has 0 spiro atoms. The van der Waals surface area contributed by atoms with E-state index in [0.717, 1.165) is 0 Å². The summed E-state index contributed by atoms with van der Waals surface area (Å²) in [5.41, 5.74) is 0. The molecule has 0 aromatic carbocycles. The van der Waals surface area contributed by atoms with Gasteiger partial charge in [0.2, 0.25) is 0 Å². The van der Waals surface area contributed by atoms with E-state index in [0.29, 0.717) is 0 Å². The van der Waals surface area contributed by atoms with E-state index in [1.807, 2.05) is 11.8 Å². The van der Waals surface area contributed by atoms with Crippen molar-refractivity contribution in [2.45, 2.75) is 31.3 Å². The van der Waals surface area contributed by atoms with Crippen LogP contribution >= 0.6 is 24.4 Å². The Balaban J connectivity index is 3.11. The molecule has 0 nitrogen and oxygen atoms in total. The maximum atomic E-state index is 4.35. The van der Waals surface area contributed by atoms with E-state index in [9.17, 15) is 0 Å². The maximum Gasteiger partial charge on any atom is 0.0525 e. The predicted molar refractivity (Wildman–Crippen MR) is 45.8 cm³/mol. The zero-order valence-electron chi connectivity index (χ0n) is 5.77. The van der Waals surface area contributed by atoms with Crippen molar-refractivity contribution in [2.24, 2.45) is 0 Å². The Hall–Kier alpha value is 0.700. The molecule has 0 unspecified atom stereocenters. The SMILES string of the molecule is CCCSC(C)(C)S.